The summed E-state index contributed by atoms with van der Waals surface area (Å²) in [6, 6.07) is 9.33. The van der Waals surface area contributed by atoms with E-state index >= 15 is 0 Å². The van der Waals surface area contributed by atoms with Gasteiger partial charge in [0.15, 0.2) is 0 Å². The second kappa shape index (κ2) is 10.4. The van der Waals surface area contributed by atoms with Gasteiger partial charge in [-0.05, 0) is 104 Å². The molecule has 4 aliphatic carbocycles. The van der Waals surface area contributed by atoms with Gasteiger partial charge in [0.25, 0.3) is 0 Å². The molecule has 9 atom stereocenters. The van der Waals surface area contributed by atoms with E-state index in [1.54, 1.807) is 0 Å². The largest absolute Gasteiger partial charge is 0.458 e. The van der Waals surface area contributed by atoms with Crippen LogP contribution in [-0.4, -0.2) is 22.8 Å². The zero-order valence-electron chi connectivity index (χ0n) is 24.8. The Balaban J connectivity index is 1.33. The Morgan fingerprint density at radius 1 is 0.974 bits per heavy atom. The first kappa shape index (κ1) is 27.9. The molecule has 0 radical (unpaired) electrons. The summed E-state index contributed by atoms with van der Waals surface area (Å²) in [6.45, 7) is 14.3. The van der Waals surface area contributed by atoms with Gasteiger partial charge in [0.2, 0.25) is 0 Å². The lowest BCUT2D eigenvalue weighted by Crippen LogP contribution is -2.59. The number of esters is 1. The third kappa shape index (κ3) is 4.91. The monoisotopic (exact) mass is 520 g/mol. The van der Waals surface area contributed by atoms with Crippen LogP contribution >= 0.6 is 0 Å². The molecule has 210 valence electrons. The summed E-state index contributed by atoms with van der Waals surface area (Å²) in [5, 5.41) is 12.1. The fourth-order valence-electron chi connectivity index (χ4n) is 9.89. The fourth-order valence-corrected chi connectivity index (χ4v) is 9.89. The Hall–Kier alpha value is -1.61. The summed E-state index contributed by atoms with van der Waals surface area (Å²) in [7, 11) is 0. The van der Waals surface area contributed by atoms with Crippen molar-refractivity contribution in [3.05, 3.63) is 47.5 Å². The van der Waals surface area contributed by atoms with Crippen molar-refractivity contribution in [1.29, 1.82) is 0 Å². The van der Waals surface area contributed by atoms with Crippen molar-refractivity contribution >= 4 is 5.97 Å². The van der Waals surface area contributed by atoms with Crippen LogP contribution in [0.2, 0.25) is 0 Å². The number of fused-ring (bicyclic) bond motifs is 5. The molecular formula is C35H52O3. The molecule has 0 bridgehead atoms. The highest BCUT2D eigenvalue weighted by Crippen LogP contribution is 2.69. The Morgan fingerprint density at radius 3 is 2.42 bits per heavy atom. The van der Waals surface area contributed by atoms with Crippen LogP contribution in [0.3, 0.4) is 0 Å². The van der Waals surface area contributed by atoms with E-state index in [2.05, 4.69) is 47.6 Å². The minimum absolute atomic E-state index is 0.102. The van der Waals surface area contributed by atoms with Crippen LogP contribution in [0.1, 0.15) is 116 Å². The second-order valence-corrected chi connectivity index (χ2v) is 14.7. The van der Waals surface area contributed by atoms with Crippen molar-refractivity contribution in [3.8, 4) is 0 Å². The highest BCUT2D eigenvalue weighted by molar-refractivity contribution is 5.89. The van der Waals surface area contributed by atoms with Crippen molar-refractivity contribution in [2.75, 3.05) is 0 Å². The molecule has 3 saturated carbocycles. The molecule has 0 amide bonds. The molecule has 3 fully saturated rings. The van der Waals surface area contributed by atoms with E-state index in [0.717, 1.165) is 37.0 Å². The van der Waals surface area contributed by atoms with Crippen LogP contribution in [0.4, 0.5) is 0 Å². The maximum Gasteiger partial charge on any atom is 0.338 e. The van der Waals surface area contributed by atoms with Gasteiger partial charge in [0.05, 0.1) is 11.2 Å². The number of carbonyl (C=O) groups is 1. The van der Waals surface area contributed by atoms with Gasteiger partial charge in [-0.25, -0.2) is 4.79 Å². The van der Waals surface area contributed by atoms with E-state index in [-0.39, 0.29) is 17.5 Å². The van der Waals surface area contributed by atoms with Gasteiger partial charge in [-0.15, -0.1) is 0 Å². The van der Waals surface area contributed by atoms with E-state index in [1.165, 1.54) is 50.5 Å². The lowest BCUT2D eigenvalue weighted by atomic mass is 9.44. The standard InChI is InChI=1S/C35H52O3/c1-23(2)11-10-12-24(3)28-15-16-29-31-30(18-20-34(28,29)5)33(4)19-17-27(21-26(33)22-35(31,6)37)38-32(36)25-13-8-7-9-14-25/h7-9,13-14,22-24,27-31,37H,10-12,15-21H2,1-6H3/t24-,27+,28+,29-,30+,31-,33+,34-,35+/m1/s1. The summed E-state index contributed by atoms with van der Waals surface area (Å²) in [6.07, 6.45) is 14.0. The highest BCUT2D eigenvalue weighted by Gasteiger charge is 2.63. The average Bonchev–Trinajstić information content (AvgIpc) is 3.22. The van der Waals surface area contributed by atoms with E-state index < -0.39 is 5.60 Å². The van der Waals surface area contributed by atoms with Crippen LogP contribution in [-0.2, 0) is 4.74 Å². The van der Waals surface area contributed by atoms with Gasteiger partial charge in [-0.2, -0.15) is 0 Å². The van der Waals surface area contributed by atoms with E-state index in [4.69, 9.17) is 4.74 Å². The SMILES string of the molecule is CC(C)CCC[C@@H](C)[C@@H]1CC[C@@H]2[C@@H]3[C@H](CC[C@@]21C)[C@@]1(C)CC[C@H](OC(=O)c2ccccc2)CC1=C[C@]3(C)O. The molecule has 3 nitrogen and oxygen atoms in total. The number of ether oxygens (including phenoxy) is 1. The number of benzene rings is 1. The summed E-state index contributed by atoms with van der Waals surface area (Å²) >= 11 is 0. The third-order valence-corrected chi connectivity index (χ3v) is 11.9. The normalized spacial score (nSPS) is 41.1. The summed E-state index contributed by atoms with van der Waals surface area (Å²) in [4.78, 5) is 12.8. The van der Waals surface area contributed by atoms with Crippen molar-refractivity contribution in [2.45, 2.75) is 117 Å². The van der Waals surface area contributed by atoms with E-state index in [1.807, 2.05) is 30.3 Å². The first-order valence-electron chi connectivity index (χ1n) is 15.7. The molecule has 1 aromatic rings. The quantitative estimate of drug-likeness (QED) is 0.289. The molecule has 4 aliphatic rings. The maximum absolute atomic E-state index is 12.8. The number of hydrogen-bond acceptors (Lipinski definition) is 3. The van der Waals surface area contributed by atoms with Crippen molar-refractivity contribution < 1.29 is 14.6 Å². The summed E-state index contributed by atoms with van der Waals surface area (Å²) in [5.74, 6) is 3.54. The Morgan fingerprint density at radius 2 is 1.71 bits per heavy atom. The molecule has 1 N–H and O–H groups in total. The van der Waals surface area contributed by atoms with Gasteiger partial charge >= 0.3 is 5.97 Å². The smallest absolute Gasteiger partial charge is 0.338 e. The lowest BCUT2D eigenvalue weighted by molar-refractivity contribution is -0.133. The number of hydrogen-bond donors (Lipinski definition) is 1. The molecule has 0 heterocycles. The van der Waals surface area contributed by atoms with Gasteiger partial charge in [0.1, 0.15) is 6.10 Å². The molecule has 0 aromatic heterocycles. The van der Waals surface area contributed by atoms with Gasteiger partial charge < -0.3 is 9.84 Å². The van der Waals surface area contributed by atoms with Crippen LogP contribution in [0, 0.1) is 46.3 Å². The van der Waals surface area contributed by atoms with Gasteiger partial charge in [-0.1, -0.05) is 83.7 Å². The number of aliphatic hydroxyl groups is 1. The van der Waals surface area contributed by atoms with Gasteiger partial charge in [-0.3, -0.25) is 0 Å². The maximum atomic E-state index is 12.8. The van der Waals surface area contributed by atoms with E-state index in [9.17, 15) is 9.90 Å². The zero-order chi connectivity index (χ0) is 27.3. The van der Waals surface area contributed by atoms with Gasteiger partial charge in [0, 0.05) is 6.42 Å². The molecular weight excluding hydrogens is 468 g/mol. The molecule has 0 spiro atoms. The van der Waals surface area contributed by atoms with Crippen LogP contribution < -0.4 is 0 Å². The predicted molar refractivity (Wildman–Crippen MR) is 155 cm³/mol. The van der Waals surface area contributed by atoms with Crippen molar-refractivity contribution in [1.82, 2.24) is 0 Å². The highest BCUT2D eigenvalue weighted by atomic mass is 16.5. The molecule has 1 aromatic carbocycles. The zero-order valence-corrected chi connectivity index (χ0v) is 24.8. The molecule has 5 rings (SSSR count). The molecule has 0 aliphatic heterocycles. The Kier molecular flexibility index (Phi) is 7.66. The molecule has 3 heteroatoms. The third-order valence-electron chi connectivity index (χ3n) is 11.9. The predicted octanol–water partition coefficient (Wildman–Crippen LogP) is 8.61. The summed E-state index contributed by atoms with van der Waals surface area (Å²) < 4.78 is 5.99. The lowest BCUT2D eigenvalue weighted by Gasteiger charge is -2.62. The summed E-state index contributed by atoms with van der Waals surface area (Å²) in [5.41, 5.74) is 1.59. The minimum atomic E-state index is -0.799. The van der Waals surface area contributed by atoms with Crippen LogP contribution in [0.5, 0.6) is 0 Å². The first-order chi connectivity index (χ1) is 18.0. The van der Waals surface area contributed by atoms with Crippen molar-refractivity contribution in [2.24, 2.45) is 46.3 Å². The average molecular weight is 521 g/mol. The fraction of sp³-hybridized carbons (Fsp3) is 0.743. The van der Waals surface area contributed by atoms with Crippen LogP contribution in [0.15, 0.2) is 42.0 Å². The topological polar surface area (TPSA) is 46.5 Å². The van der Waals surface area contributed by atoms with Crippen molar-refractivity contribution in [3.63, 3.8) is 0 Å². The Labute approximate surface area is 231 Å². The Bertz CT molecular complexity index is 1020. The van der Waals surface area contributed by atoms with E-state index in [0.29, 0.717) is 28.7 Å². The minimum Gasteiger partial charge on any atom is -0.458 e. The van der Waals surface area contributed by atoms with Crippen LogP contribution in [0.25, 0.3) is 0 Å². The molecule has 0 unspecified atom stereocenters. The second-order valence-electron chi connectivity index (χ2n) is 14.7. The first-order valence-corrected chi connectivity index (χ1v) is 15.7. The molecule has 0 saturated heterocycles. The number of rotatable bonds is 7. The molecule has 38 heavy (non-hydrogen) atoms. The number of carbonyl (C=O) groups excluding carboxylic acids is 1.